The first kappa shape index (κ1) is 12.2. The number of aliphatic hydroxyl groups excluding tert-OH is 1. The van der Waals surface area contributed by atoms with Crippen LogP contribution in [0.2, 0.25) is 5.02 Å². The van der Waals surface area contributed by atoms with Crippen LogP contribution in [0.3, 0.4) is 0 Å². The molecule has 0 saturated carbocycles. The van der Waals surface area contributed by atoms with E-state index in [1.807, 2.05) is 12.1 Å². The molecule has 1 N–H and O–H groups in total. The van der Waals surface area contributed by atoms with Crippen LogP contribution in [0.15, 0.2) is 52.9 Å². The molecule has 96 valence electrons. The van der Waals surface area contributed by atoms with E-state index in [0.717, 1.165) is 5.39 Å². The number of rotatable bonds is 2. The lowest BCUT2D eigenvalue weighted by Crippen LogP contribution is -1.97. The van der Waals surface area contributed by atoms with Crippen LogP contribution in [0.1, 0.15) is 17.4 Å². The van der Waals surface area contributed by atoms with Crippen molar-refractivity contribution in [3.05, 3.63) is 70.7 Å². The largest absolute Gasteiger partial charge is 0.456 e. The lowest BCUT2D eigenvalue weighted by atomic mass is 10.1. The third-order valence-electron chi connectivity index (χ3n) is 2.97. The van der Waals surface area contributed by atoms with E-state index in [1.165, 1.54) is 24.3 Å². The first-order chi connectivity index (χ1) is 9.15. The number of benzene rings is 2. The molecule has 19 heavy (non-hydrogen) atoms. The van der Waals surface area contributed by atoms with Crippen LogP contribution in [0, 0.1) is 5.82 Å². The van der Waals surface area contributed by atoms with Gasteiger partial charge in [-0.05, 0) is 29.8 Å². The van der Waals surface area contributed by atoms with Crippen LogP contribution in [-0.4, -0.2) is 5.11 Å². The number of aliphatic hydroxyl groups is 1. The number of furan rings is 1. The van der Waals surface area contributed by atoms with Crippen LogP contribution in [-0.2, 0) is 0 Å². The summed E-state index contributed by atoms with van der Waals surface area (Å²) in [6.07, 6.45) is -0.941. The molecule has 0 amide bonds. The Kier molecular flexibility index (Phi) is 3.01. The number of halogens is 2. The number of fused-ring (bicyclic) bond motifs is 1. The average molecular weight is 277 g/mol. The van der Waals surface area contributed by atoms with Crippen LogP contribution in [0.5, 0.6) is 0 Å². The highest BCUT2D eigenvalue weighted by Gasteiger charge is 2.16. The summed E-state index contributed by atoms with van der Waals surface area (Å²) in [5, 5.41) is 11.5. The van der Waals surface area contributed by atoms with Gasteiger partial charge in [0.15, 0.2) is 5.58 Å². The fourth-order valence-electron chi connectivity index (χ4n) is 1.99. The molecule has 2 nitrogen and oxygen atoms in total. The third-order valence-corrected chi connectivity index (χ3v) is 3.27. The highest BCUT2D eigenvalue weighted by atomic mass is 35.5. The molecule has 1 unspecified atom stereocenters. The molecule has 2 aromatic carbocycles. The molecular weight excluding hydrogens is 267 g/mol. The SMILES string of the molecule is OC(c1ccc(F)cc1)c1cc2cccc(Cl)c2o1. The topological polar surface area (TPSA) is 33.4 Å². The lowest BCUT2D eigenvalue weighted by Gasteiger charge is -2.07. The van der Waals surface area contributed by atoms with Crippen LogP contribution in [0.25, 0.3) is 11.0 Å². The Balaban J connectivity index is 2.04. The van der Waals surface area contributed by atoms with E-state index in [1.54, 1.807) is 12.1 Å². The summed E-state index contributed by atoms with van der Waals surface area (Å²) in [5.74, 6) is 0.0401. The minimum atomic E-state index is -0.941. The second-order valence-corrected chi connectivity index (χ2v) is 4.67. The molecule has 0 fully saturated rings. The molecule has 0 radical (unpaired) electrons. The fourth-order valence-corrected chi connectivity index (χ4v) is 2.21. The summed E-state index contributed by atoms with van der Waals surface area (Å²) in [7, 11) is 0. The quantitative estimate of drug-likeness (QED) is 0.757. The van der Waals surface area contributed by atoms with Gasteiger partial charge in [0, 0.05) is 5.39 Å². The number of hydrogen-bond acceptors (Lipinski definition) is 2. The van der Waals surface area contributed by atoms with Crippen molar-refractivity contribution in [2.75, 3.05) is 0 Å². The Morgan fingerprint density at radius 2 is 1.84 bits per heavy atom. The predicted molar refractivity (Wildman–Crippen MR) is 71.7 cm³/mol. The summed E-state index contributed by atoms with van der Waals surface area (Å²) in [5.41, 5.74) is 1.11. The molecule has 1 aromatic heterocycles. The van der Waals surface area contributed by atoms with Crippen LogP contribution < -0.4 is 0 Å². The van der Waals surface area contributed by atoms with Crippen molar-refractivity contribution in [3.8, 4) is 0 Å². The monoisotopic (exact) mass is 276 g/mol. The second-order valence-electron chi connectivity index (χ2n) is 4.26. The van der Waals surface area contributed by atoms with Gasteiger partial charge in [0.1, 0.15) is 17.7 Å². The maximum atomic E-state index is 12.9. The van der Waals surface area contributed by atoms with Gasteiger partial charge >= 0.3 is 0 Å². The number of hydrogen-bond donors (Lipinski definition) is 1. The Hall–Kier alpha value is -1.84. The van der Waals surface area contributed by atoms with Gasteiger partial charge in [-0.3, -0.25) is 0 Å². The molecule has 1 heterocycles. The van der Waals surface area contributed by atoms with Crippen molar-refractivity contribution in [2.24, 2.45) is 0 Å². The third kappa shape index (κ3) is 2.23. The summed E-state index contributed by atoms with van der Waals surface area (Å²) >= 11 is 6.02. The van der Waals surface area contributed by atoms with Gasteiger partial charge in [-0.15, -0.1) is 0 Å². The van der Waals surface area contributed by atoms with Crippen molar-refractivity contribution >= 4 is 22.6 Å². The molecule has 0 aliphatic rings. The molecular formula is C15H10ClFO2. The van der Waals surface area contributed by atoms with Crippen LogP contribution >= 0.6 is 11.6 Å². The van der Waals surface area contributed by atoms with E-state index >= 15 is 0 Å². The van der Waals surface area contributed by atoms with E-state index in [-0.39, 0.29) is 5.82 Å². The van der Waals surface area contributed by atoms with Gasteiger partial charge < -0.3 is 9.52 Å². The van der Waals surface area contributed by atoms with Crippen LogP contribution in [0.4, 0.5) is 4.39 Å². The van der Waals surface area contributed by atoms with Crippen molar-refractivity contribution in [1.82, 2.24) is 0 Å². The highest BCUT2D eigenvalue weighted by molar-refractivity contribution is 6.34. The van der Waals surface area contributed by atoms with Gasteiger partial charge in [-0.1, -0.05) is 35.9 Å². The van der Waals surface area contributed by atoms with Crippen molar-refractivity contribution in [3.63, 3.8) is 0 Å². The summed E-state index contributed by atoms with van der Waals surface area (Å²) < 4.78 is 18.4. The maximum Gasteiger partial charge on any atom is 0.153 e. The van der Waals surface area contributed by atoms with E-state index in [0.29, 0.717) is 21.9 Å². The molecule has 1 atom stereocenters. The molecule has 0 bridgehead atoms. The van der Waals surface area contributed by atoms with Gasteiger partial charge in [-0.2, -0.15) is 0 Å². The minimum absolute atomic E-state index is 0.344. The second kappa shape index (κ2) is 4.68. The Morgan fingerprint density at radius 3 is 2.53 bits per heavy atom. The maximum absolute atomic E-state index is 12.9. The van der Waals surface area contributed by atoms with Gasteiger partial charge in [0.2, 0.25) is 0 Å². The summed E-state index contributed by atoms with van der Waals surface area (Å²) in [6, 6.07) is 12.8. The average Bonchev–Trinajstić information content (AvgIpc) is 2.84. The summed E-state index contributed by atoms with van der Waals surface area (Å²) in [6.45, 7) is 0. The smallest absolute Gasteiger partial charge is 0.153 e. The van der Waals surface area contributed by atoms with E-state index < -0.39 is 6.10 Å². The molecule has 4 heteroatoms. The fraction of sp³-hybridized carbons (Fsp3) is 0.0667. The highest BCUT2D eigenvalue weighted by Crippen LogP contribution is 2.31. The summed E-state index contributed by atoms with van der Waals surface area (Å²) in [4.78, 5) is 0. The zero-order chi connectivity index (χ0) is 13.4. The predicted octanol–water partition coefficient (Wildman–Crippen LogP) is 4.31. The van der Waals surface area contributed by atoms with Crippen molar-refractivity contribution in [2.45, 2.75) is 6.10 Å². The van der Waals surface area contributed by atoms with E-state index in [9.17, 15) is 9.50 Å². The van der Waals surface area contributed by atoms with Gasteiger partial charge in [-0.25, -0.2) is 4.39 Å². The molecule has 3 aromatic rings. The van der Waals surface area contributed by atoms with Crippen molar-refractivity contribution < 1.29 is 13.9 Å². The Bertz CT molecular complexity index is 719. The zero-order valence-electron chi connectivity index (χ0n) is 9.81. The van der Waals surface area contributed by atoms with E-state index in [2.05, 4.69) is 0 Å². The first-order valence-electron chi connectivity index (χ1n) is 5.76. The lowest BCUT2D eigenvalue weighted by molar-refractivity contribution is 0.192. The Morgan fingerprint density at radius 1 is 1.11 bits per heavy atom. The molecule has 0 aliphatic carbocycles. The van der Waals surface area contributed by atoms with Crippen molar-refractivity contribution in [1.29, 1.82) is 0 Å². The molecule has 0 spiro atoms. The zero-order valence-corrected chi connectivity index (χ0v) is 10.6. The molecule has 3 rings (SSSR count). The Labute approximate surface area is 114 Å². The standard InChI is InChI=1S/C15H10ClFO2/c16-12-3-1-2-10-8-13(19-15(10)12)14(18)9-4-6-11(17)7-5-9/h1-8,14,18H. The normalized spacial score (nSPS) is 12.8. The molecule has 0 saturated heterocycles. The number of para-hydroxylation sites is 1. The molecule has 0 aliphatic heterocycles. The van der Waals surface area contributed by atoms with Gasteiger partial charge in [0.05, 0.1) is 5.02 Å². The minimum Gasteiger partial charge on any atom is -0.456 e. The first-order valence-corrected chi connectivity index (χ1v) is 6.14. The van der Waals surface area contributed by atoms with E-state index in [4.69, 9.17) is 16.0 Å². The van der Waals surface area contributed by atoms with Gasteiger partial charge in [0.25, 0.3) is 0 Å².